The number of fused-ring (bicyclic) bond motifs is 1. The Balaban J connectivity index is 2.94. The summed E-state index contributed by atoms with van der Waals surface area (Å²) < 4.78 is 1.50. The van der Waals surface area contributed by atoms with Crippen molar-refractivity contribution in [3.63, 3.8) is 0 Å². The standard InChI is InChI=1S/C10H13N3O/c1-4-8-5-11-13-9(8)12-7(3)6(2)10(13)14/h5,11H,4H2,1-3H3. The monoisotopic (exact) mass is 191 g/mol. The van der Waals surface area contributed by atoms with Crippen LogP contribution in [0.3, 0.4) is 0 Å². The molecule has 0 unspecified atom stereocenters. The molecule has 0 atom stereocenters. The molecule has 2 aromatic heterocycles. The van der Waals surface area contributed by atoms with Crippen LogP contribution in [0, 0.1) is 13.8 Å². The van der Waals surface area contributed by atoms with Gasteiger partial charge in [-0.2, -0.15) is 0 Å². The van der Waals surface area contributed by atoms with E-state index in [1.54, 1.807) is 6.92 Å². The van der Waals surface area contributed by atoms with Crippen molar-refractivity contribution >= 4 is 5.65 Å². The van der Waals surface area contributed by atoms with Gasteiger partial charge in [0.1, 0.15) is 0 Å². The van der Waals surface area contributed by atoms with E-state index in [-0.39, 0.29) is 5.56 Å². The zero-order chi connectivity index (χ0) is 10.3. The van der Waals surface area contributed by atoms with E-state index in [4.69, 9.17) is 0 Å². The number of hydrogen-bond donors (Lipinski definition) is 1. The van der Waals surface area contributed by atoms with E-state index in [1.807, 2.05) is 20.0 Å². The largest absolute Gasteiger partial charge is 0.297 e. The fraction of sp³-hybridized carbons (Fsp3) is 0.400. The van der Waals surface area contributed by atoms with Crippen LogP contribution in [0.15, 0.2) is 11.0 Å². The fourth-order valence-electron chi connectivity index (χ4n) is 1.51. The minimum Gasteiger partial charge on any atom is -0.297 e. The van der Waals surface area contributed by atoms with Gasteiger partial charge in [-0.1, -0.05) is 6.92 Å². The lowest BCUT2D eigenvalue weighted by molar-refractivity contribution is 0.873. The predicted octanol–water partition coefficient (Wildman–Crippen LogP) is 1.20. The van der Waals surface area contributed by atoms with Gasteiger partial charge in [0.25, 0.3) is 5.56 Å². The van der Waals surface area contributed by atoms with E-state index >= 15 is 0 Å². The number of aromatic nitrogens is 3. The van der Waals surface area contributed by atoms with Gasteiger partial charge in [0.15, 0.2) is 5.65 Å². The van der Waals surface area contributed by atoms with Crippen molar-refractivity contribution in [1.29, 1.82) is 0 Å². The molecule has 2 rings (SSSR count). The maximum atomic E-state index is 11.8. The zero-order valence-corrected chi connectivity index (χ0v) is 8.59. The summed E-state index contributed by atoms with van der Waals surface area (Å²) in [5.41, 5.74) is 3.33. The molecule has 74 valence electrons. The summed E-state index contributed by atoms with van der Waals surface area (Å²) in [5.74, 6) is 0. The van der Waals surface area contributed by atoms with Crippen LogP contribution < -0.4 is 5.56 Å². The molecule has 0 spiro atoms. The Morgan fingerprint density at radius 2 is 2.21 bits per heavy atom. The number of aromatic amines is 1. The Labute approximate surface area is 81.6 Å². The van der Waals surface area contributed by atoms with E-state index in [9.17, 15) is 4.79 Å². The van der Waals surface area contributed by atoms with Crippen LogP contribution in [-0.2, 0) is 6.42 Å². The highest BCUT2D eigenvalue weighted by Crippen LogP contribution is 2.08. The number of H-pyrrole nitrogens is 1. The molecule has 1 N–H and O–H groups in total. The summed E-state index contributed by atoms with van der Waals surface area (Å²) in [6, 6.07) is 0. The van der Waals surface area contributed by atoms with E-state index in [0.717, 1.165) is 23.3 Å². The number of hydrogen-bond acceptors (Lipinski definition) is 2. The third-order valence-electron chi connectivity index (χ3n) is 2.59. The van der Waals surface area contributed by atoms with Crippen LogP contribution in [0.25, 0.3) is 5.65 Å². The lowest BCUT2D eigenvalue weighted by Gasteiger charge is -2.00. The number of nitrogens with one attached hydrogen (secondary N) is 1. The molecule has 0 aliphatic rings. The van der Waals surface area contributed by atoms with Crippen LogP contribution >= 0.6 is 0 Å². The molecule has 0 bridgehead atoms. The van der Waals surface area contributed by atoms with Gasteiger partial charge in [-0.15, -0.1) is 0 Å². The molecule has 0 amide bonds. The van der Waals surface area contributed by atoms with Gasteiger partial charge in [0, 0.05) is 23.0 Å². The lowest BCUT2D eigenvalue weighted by Crippen LogP contribution is -2.19. The third kappa shape index (κ3) is 1.07. The maximum absolute atomic E-state index is 11.8. The highest BCUT2D eigenvalue weighted by molar-refractivity contribution is 5.47. The van der Waals surface area contributed by atoms with Gasteiger partial charge in [-0.05, 0) is 20.3 Å². The molecule has 0 aliphatic heterocycles. The van der Waals surface area contributed by atoms with Crippen molar-refractivity contribution in [2.45, 2.75) is 27.2 Å². The van der Waals surface area contributed by atoms with Crippen LogP contribution in [0.2, 0.25) is 0 Å². The molecule has 0 aromatic carbocycles. The number of rotatable bonds is 1. The second kappa shape index (κ2) is 2.97. The Morgan fingerprint density at radius 1 is 1.50 bits per heavy atom. The van der Waals surface area contributed by atoms with Crippen molar-refractivity contribution < 1.29 is 0 Å². The average molecular weight is 191 g/mol. The molecule has 0 saturated heterocycles. The van der Waals surface area contributed by atoms with E-state index in [0.29, 0.717) is 5.56 Å². The van der Waals surface area contributed by atoms with Crippen molar-refractivity contribution in [3.8, 4) is 0 Å². The molecule has 0 radical (unpaired) electrons. The van der Waals surface area contributed by atoms with Crippen molar-refractivity contribution in [2.75, 3.05) is 0 Å². The molecule has 2 aromatic rings. The number of nitrogens with zero attached hydrogens (tertiary/aromatic N) is 2. The SMILES string of the molecule is CCc1c[nH]n2c(=O)c(C)c(C)nc12. The minimum atomic E-state index is -0.00722. The summed E-state index contributed by atoms with van der Waals surface area (Å²) in [6.45, 7) is 5.71. The summed E-state index contributed by atoms with van der Waals surface area (Å²) >= 11 is 0. The quantitative estimate of drug-likeness (QED) is 0.736. The van der Waals surface area contributed by atoms with Crippen LogP contribution in [0.1, 0.15) is 23.7 Å². The number of aryl methyl sites for hydroxylation is 2. The van der Waals surface area contributed by atoms with Gasteiger partial charge in [0.2, 0.25) is 0 Å². The highest BCUT2D eigenvalue weighted by Gasteiger charge is 2.08. The molecular weight excluding hydrogens is 178 g/mol. The molecule has 4 heteroatoms. The topological polar surface area (TPSA) is 50.2 Å². The first kappa shape index (κ1) is 8.99. The molecule has 14 heavy (non-hydrogen) atoms. The predicted molar refractivity (Wildman–Crippen MR) is 54.7 cm³/mol. The first-order valence-corrected chi connectivity index (χ1v) is 4.71. The smallest absolute Gasteiger partial charge is 0.275 e. The van der Waals surface area contributed by atoms with E-state index in [1.165, 1.54) is 4.52 Å². The first-order chi connectivity index (χ1) is 6.65. The van der Waals surface area contributed by atoms with Crippen molar-refractivity contribution in [1.82, 2.24) is 14.6 Å². The van der Waals surface area contributed by atoms with E-state index < -0.39 is 0 Å². The molecular formula is C10H13N3O. The summed E-state index contributed by atoms with van der Waals surface area (Å²) in [7, 11) is 0. The Hall–Kier alpha value is -1.58. The lowest BCUT2D eigenvalue weighted by atomic mass is 10.2. The molecule has 4 nitrogen and oxygen atoms in total. The van der Waals surface area contributed by atoms with Gasteiger partial charge >= 0.3 is 0 Å². The maximum Gasteiger partial charge on any atom is 0.275 e. The van der Waals surface area contributed by atoms with Gasteiger partial charge in [0.05, 0.1) is 0 Å². The van der Waals surface area contributed by atoms with Gasteiger partial charge in [-0.25, -0.2) is 9.50 Å². The van der Waals surface area contributed by atoms with Crippen LogP contribution in [0.4, 0.5) is 0 Å². The summed E-state index contributed by atoms with van der Waals surface area (Å²) in [6.07, 6.45) is 2.71. The van der Waals surface area contributed by atoms with Crippen molar-refractivity contribution in [3.05, 3.63) is 33.4 Å². The minimum absolute atomic E-state index is 0.00722. The first-order valence-electron chi connectivity index (χ1n) is 4.71. The fourth-order valence-corrected chi connectivity index (χ4v) is 1.51. The Morgan fingerprint density at radius 3 is 2.86 bits per heavy atom. The van der Waals surface area contributed by atoms with Crippen LogP contribution in [0.5, 0.6) is 0 Å². The summed E-state index contributed by atoms with van der Waals surface area (Å²) in [4.78, 5) is 16.2. The molecule has 2 heterocycles. The second-order valence-corrected chi connectivity index (χ2v) is 3.44. The van der Waals surface area contributed by atoms with Crippen molar-refractivity contribution in [2.24, 2.45) is 0 Å². The second-order valence-electron chi connectivity index (χ2n) is 3.44. The Kier molecular flexibility index (Phi) is 1.91. The van der Waals surface area contributed by atoms with Gasteiger partial charge < -0.3 is 0 Å². The van der Waals surface area contributed by atoms with Crippen LogP contribution in [-0.4, -0.2) is 14.6 Å². The molecule has 0 fully saturated rings. The summed E-state index contributed by atoms with van der Waals surface area (Å²) in [5, 5.41) is 2.92. The third-order valence-corrected chi connectivity index (χ3v) is 2.59. The average Bonchev–Trinajstić information content (AvgIpc) is 2.57. The van der Waals surface area contributed by atoms with Gasteiger partial charge in [-0.3, -0.25) is 9.89 Å². The zero-order valence-electron chi connectivity index (χ0n) is 8.59. The molecule has 0 saturated carbocycles. The highest BCUT2D eigenvalue weighted by atomic mass is 16.1. The Bertz CT molecular complexity index is 536. The normalized spacial score (nSPS) is 11.1. The van der Waals surface area contributed by atoms with E-state index in [2.05, 4.69) is 10.1 Å². The molecule has 0 aliphatic carbocycles.